The van der Waals surface area contributed by atoms with Crippen LogP contribution in [0.2, 0.25) is 0 Å². The lowest BCUT2D eigenvalue weighted by Crippen LogP contribution is -1.91. The van der Waals surface area contributed by atoms with Gasteiger partial charge in [0.2, 0.25) is 0 Å². The summed E-state index contributed by atoms with van der Waals surface area (Å²) in [4.78, 5) is 0. The molecule has 2 aromatic carbocycles. The summed E-state index contributed by atoms with van der Waals surface area (Å²) in [5, 5.41) is 0. The molecule has 0 aliphatic rings. The van der Waals surface area contributed by atoms with Gasteiger partial charge in [0.1, 0.15) is 0 Å². The first-order valence-electron chi connectivity index (χ1n) is 5.65. The monoisotopic (exact) mass is 209 g/mol. The number of hydrogen-bond acceptors (Lipinski definition) is 0. The molecule has 0 aliphatic heterocycles. The largest absolute Gasteiger partial charge is 0.0614 e. The first-order chi connectivity index (χ1) is 7.61. The summed E-state index contributed by atoms with van der Waals surface area (Å²) in [5.41, 5.74) is 7.96. The first kappa shape index (κ1) is 10.9. The highest BCUT2D eigenvalue weighted by Gasteiger charge is 2.07. The van der Waals surface area contributed by atoms with Crippen LogP contribution in [0, 0.1) is 33.8 Å². The molecule has 0 spiro atoms. The van der Waals surface area contributed by atoms with Crippen molar-refractivity contribution in [2.45, 2.75) is 27.7 Å². The Morgan fingerprint density at radius 1 is 0.812 bits per heavy atom. The van der Waals surface area contributed by atoms with E-state index in [-0.39, 0.29) is 0 Å². The zero-order chi connectivity index (χ0) is 11.7. The predicted molar refractivity (Wildman–Crippen MR) is 69.7 cm³/mol. The van der Waals surface area contributed by atoms with Crippen LogP contribution in [0.5, 0.6) is 0 Å². The molecule has 81 valence electrons. The van der Waals surface area contributed by atoms with E-state index in [0.717, 1.165) is 0 Å². The number of aryl methyl sites for hydroxylation is 2. The second-order valence-corrected chi connectivity index (χ2v) is 4.39. The molecule has 1 radical (unpaired) electrons. The Bertz CT molecular complexity index is 472. The third kappa shape index (κ3) is 1.76. The molecule has 16 heavy (non-hydrogen) atoms. The van der Waals surface area contributed by atoms with Gasteiger partial charge in [-0.2, -0.15) is 0 Å². The predicted octanol–water partition coefficient (Wildman–Crippen LogP) is 4.39. The molecular weight excluding hydrogens is 192 g/mol. The molecule has 2 rings (SSSR count). The number of benzene rings is 2. The second kappa shape index (κ2) is 4.13. The zero-order valence-corrected chi connectivity index (χ0v) is 10.4. The molecule has 0 atom stereocenters. The Morgan fingerprint density at radius 3 is 2.25 bits per heavy atom. The number of hydrogen-bond donors (Lipinski definition) is 0. The highest BCUT2D eigenvalue weighted by molar-refractivity contribution is 5.72. The van der Waals surface area contributed by atoms with Crippen molar-refractivity contribution in [1.82, 2.24) is 0 Å². The molecule has 2 aromatic rings. The summed E-state index contributed by atoms with van der Waals surface area (Å²) in [6.07, 6.45) is 0. The van der Waals surface area contributed by atoms with E-state index in [4.69, 9.17) is 0 Å². The van der Waals surface area contributed by atoms with Gasteiger partial charge in [-0.05, 0) is 67.1 Å². The Kier molecular flexibility index (Phi) is 2.82. The van der Waals surface area contributed by atoms with Gasteiger partial charge in [-0.3, -0.25) is 0 Å². The molecule has 0 heteroatoms. The second-order valence-electron chi connectivity index (χ2n) is 4.39. The summed E-state index contributed by atoms with van der Waals surface area (Å²) in [5.74, 6) is 0. The van der Waals surface area contributed by atoms with Gasteiger partial charge in [0.25, 0.3) is 0 Å². The minimum atomic E-state index is 1.23. The fourth-order valence-electron chi connectivity index (χ4n) is 2.02. The molecule has 0 saturated heterocycles. The molecule has 0 amide bonds. The SMILES string of the molecule is Cc1[c]ccc(-c2cccc(C)c2C)c1C. The van der Waals surface area contributed by atoms with E-state index in [0.29, 0.717) is 0 Å². The van der Waals surface area contributed by atoms with E-state index in [9.17, 15) is 0 Å². The van der Waals surface area contributed by atoms with Gasteiger partial charge in [-0.25, -0.2) is 0 Å². The summed E-state index contributed by atoms with van der Waals surface area (Å²) >= 11 is 0. The summed E-state index contributed by atoms with van der Waals surface area (Å²) in [6.45, 7) is 8.64. The third-order valence-corrected chi connectivity index (χ3v) is 3.41. The molecule has 0 aromatic heterocycles. The lowest BCUT2D eigenvalue weighted by atomic mass is 9.92. The maximum absolute atomic E-state index is 3.24. The maximum Gasteiger partial charge on any atom is -0.0149 e. The van der Waals surface area contributed by atoms with Crippen molar-refractivity contribution in [3.63, 3.8) is 0 Å². The van der Waals surface area contributed by atoms with Crippen molar-refractivity contribution in [2.75, 3.05) is 0 Å². The minimum absolute atomic E-state index is 1.23. The first-order valence-corrected chi connectivity index (χ1v) is 5.65. The smallest absolute Gasteiger partial charge is 0.0149 e. The van der Waals surface area contributed by atoms with Gasteiger partial charge in [0.15, 0.2) is 0 Å². The van der Waals surface area contributed by atoms with Crippen LogP contribution >= 0.6 is 0 Å². The normalized spacial score (nSPS) is 10.5. The maximum atomic E-state index is 3.24. The lowest BCUT2D eigenvalue weighted by molar-refractivity contribution is 1.30. The van der Waals surface area contributed by atoms with Crippen LogP contribution < -0.4 is 0 Å². The van der Waals surface area contributed by atoms with Gasteiger partial charge in [0.05, 0.1) is 0 Å². The quantitative estimate of drug-likeness (QED) is 0.653. The average molecular weight is 209 g/mol. The van der Waals surface area contributed by atoms with E-state index >= 15 is 0 Å². The Labute approximate surface area is 97.9 Å². The Balaban J connectivity index is 2.68. The van der Waals surface area contributed by atoms with Crippen LogP contribution in [-0.4, -0.2) is 0 Å². The van der Waals surface area contributed by atoms with Crippen LogP contribution in [0.15, 0.2) is 30.3 Å². The lowest BCUT2D eigenvalue weighted by Gasteiger charge is -2.12. The van der Waals surface area contributed by atoms with Gasteiger partial charge in [0, 0.05) is 0 Å². The minimum Gasteiger partial charge on any atom is -0.0614 e. The van der Waals surface area contributed by atoms with Gasteiger partial charge < -0.3 is 0 Å². The van der Waals surface area contributed by atoms with E-state index in [2.05, 4.69) is 58.0 Å². The highest BCUT2D eigenvalue weighted by atomic mass is 14.1. The number of rotatable bonds is 1. The standard InChI is InChI=1S/C16H17/c1-11-7-5-9-15(13(11)3)16-10-6-8-12(2)14(16)4/h5-7,9-10H,1-4H3. The van der Waals surface area contributed by atoms with Crippen LogP contribution in [-0.2, 0) is 0 Å². The molecule has 0 aliphatic carbocycles. The van der Waals surface area contributed by atoms with Gasteiger partial charge in [-0.1, -0.05) is 30.3 Å². The fraction of sp³-hybridized carbons (Fsp3) is 0.250. The van der Waals surface area contributed by atoms with Gasteiger partial charge >= 0.3 is 0 Å². The van der Waals surface area contributed by atoms with Crippen LogP contribution in [0.3, 0.4) is 0 Å². The molecule has 0 saturated carbocycles. The van der Waals surface area contributed by atoms with Crippen molar-refractivity contribution in [3.05, 3.63) is 58.7 Å². The highest BCUT2D eigenvalue weighted by Crippen LogP contribution is 2.29. The van der Waals surface area contributed by atoms with Crippen molar-refractivity contribution in [3.8, 4) is 11.1 Å². The molecule has 0 N–H and O–H groups in total. The fourth-order valence-corrected chi connectivity index (χ4v) is 2.02. The van der Waals surface area contributed by atoms with Gasteiger partial charge in [-0.15, -0.1) is 0 Å². The van der Waals surface area contributed by atoms with Crippen molar-refractivity contribution < 1.29 is 0 Å². The molecule has 0 heterocycles. The molecule has 0 nitrogen and oxygen atoms in total. The average Bonchev–Trinajstić information content (AvgIpc) is 2.27. The molecular formula is C16H17. The van der Waals surface area contributed by atoms with E-state index in [1.54, 1.807) is 0 Å². The van der Waals surface area contributed by atoms with E-state index < -0.39 is 0 Å². The van der Waals surface area contributed by atoms with Crippen molar-refractivity contribution >= 4 is 0 Å². The topological polar surface area (TPSA) is 0 Å². The third-order valence-electron chi connectivity index (χ3n) is 3.41. The summed E-state index contributed by atoms with van der Waals surface area (Å²) in [7, 11) is 0. The van der Waals surface area contributed by atoms with Crippen LogP contribution in [0.4, 0.5) is 0 Å². The molecule has 0 fully saturated rings. The molecule has 0 unspecified atom stereocenters. The van der Waals surface area contributed by atoms with E-state index in [1.165, 1.54) is 33.4 Å². The van der Waals surface area contributed by atoms with E-state index in [1.807, 2.05) is 6.07 Å². The summed E-state index contributed by atoms with van der Waals surface area (Å²) < 4.78 is 0. The van der Waals surface area contributed by atoms with Crippen molar-refractivity contribution in [1.29, 1.82) is 0 Å². The Hall–Kier alpha value is -1.56. The summed E-state index contributed by atoms with van der Waals surface area (Å²) in [6, 6.07) is 13.9. The zero-order valence-electron chi connectivity index (χ0n) is 10.4. The van der Waals surface area contributed by atoms with Crippen LogP contribution in [0.1, 0.15) is 22.3 Å². The van der Waals surface area contributed by atoms with Crippen LogP contribution in [0.25, 0.3) is 11.1 Å². The van der Waals surface area contributed by atoms with Crippen molar-refractivity contribution in [2.24, 2.45) is 0 Å². The Morgan fingerprint density at radius 2 is 1.50 bits per heavy atom. The molecule has 0 bridgehead atoms.